The predicted octanol–water partition coefficient (Wildman–Crippen LogP) is 1.61. The Hall–Kier alpha value is 0.220. The van der Waals surface area contributed by atoms with Gasteiger partial charge in [-0.2, -0.15) is 0 Å². The zero-order valence-electron chi connectivity index (χ0n) is 11.5. The molecule has 0 N–H and O–H groups in total. The molecular formula is C8H16F6N2NaP. The van der Waals surface area contributed by atoms with E-state index < -0.39 is 7.81 Å². The van der Waals surface area contributed by atoms with E-state index in [1.54, 1.807) is 0 Å². The molecular weight excluding hydrogens is 292 g/mol. The van der Waals surface area contributed by atoms with Crippen molar-refractivity contribution in [2.24, 2.45) is 7.05 Å². The van der Waals surface area contributed by atoms with Crippen LogP contribution in [-0.2, 0) is 13.6 Å². The van der Waals surface area contributed by atoms with E-state index in [9.17, 15) is 25.2 Å². The molecule has 0 aliphatic carbocycles. The van der Waals surface area contributed by atoms with E-state index in [0.717, 1.165) is 6.54 Å². The Kier molecular flexibility index (Phi) is 6.98. The van der Waals surface area contributed by atoms with E-state index in [0.29, 0.717) is 0 Å². The molecule has 0 bridgehead atoms. The summed E-state index contributed by atoms with van der Waals surface area (Å²) in [5.41, 5.74) is 0. The third-order valence-electron chi connectivity index (χ3n) is 1.59. The fraction of sp³-hybridized carbons (Fsp3) is 0.625. The van der Waals surface area contributed by atoms with Gasteiger partial charge in [0.15, 0.2) is 0 Å². The Morgan fingerprint density at radius 2 is 1.61 bits per heavy atom. The Labute approximate surface area is 125 Å². The Morgan fingerprint density at radius 3 is 1.89 bits per heavy atom. The first-order chi connectivity index (χ1) is 7.28. The van der Waals surface area contributed by atoms with Gasteiger partial charge in [0.1, 0.15) is 12.4 Å². The Morgan fingerprint density at radius 1 is 1.17 bits per heavy atom. The van der Waals surface area contributed by atoms with Crippen LogP contribution in [0.15, 0.2) is 18.7 Å². The average molecular weight is 308 g/mol. The largest absolute Gasteiger partial charge is 1.00 e. The molecule has 0 radical (unpaired) electrons. The third-order valence-corrected chi connectivity index (χ3v) is 1.59. The fourth-order valence-corrected chi connectivity index (χ4v) is 0.975. The van der Waals surface area contributed by atoms with Crippen LogP contribution < -0.4 is 34.1 Å². The summed E-state index contributed by atoms with van der Waals surface area (Å²) in [5.74, 6) is 0. The van der Waals surface area contributed by atoms with Crippen molar-refractivity contribution < 1.29 is 60.7 Å². The number of halogens is 6. The van der Waals surface area contributed by atoms with Crippen molar-refractivity contribution in [3.05, 3.63) is 18.7 Å². The van der Waals surface area contributed by atoms with Crippen LogP contribution in [-0.4, -0.2) is 4.57 Å². The normalized spacial score (nSPS) is 14.7. The summed E-state index contributed by atoms with van der Waals surface area (Å²) in [5, 5.41) is 0. The van der Waals surface area contributed by atoms with E-state index >= 15 is 0 Å². The van der Waals surface area contributed by atoms with Gasteiger partial charge >= 0.3 is 62.5 Å². The average Bonchev–Trinajstić information content (AvgIpc) is 2.42. The molecule has 0 aromatic carbocycles. The standard InChI is InChI=1S/C8H15N2.F6P.Na.H/c1-3-4-5-10-7-6-9(2)8-10;1-7(2,3,4,5)6;;/h6-8H,3-5H2,1-2H3;;;/q+1;-1;+1;-1. The minimum absolute atomic E-state index is 0. The predicted molar refractivity (Wildman–Crippen MR) is 55.2 cm³/mol. The van der Waals surface area contributed by atoms with Crippen LogP contribution in [0.4, 0.5) is 25.2 Å². The first-order valence-electron chi connectivity index (χ1n) is 4.85. The maximum atomic E-state index is 9.87. The minimum Gasteiger partial charge on any atom is -1.00 e. The van der Waals surface area contributed by atoms with Gasteiger partial charge in [-0.25, -0.2) is 9.13 Å². The van der Waals surface area contributed by atoms with Gasteiger partial charge in [-0.15, -0.1) is 0 Å². The van der Waals surface area contributed by atoms with Gasteiger partial charge in [0.25, 0.3) is 0 Å². The summed E-state index contributed by atoms with van der Waals surface area (Å²) >= 11 is 0. The molecule has 0 saturated heterocycles. The first kappa shape index (κ1) is 20.5. The molecule has 0 amide bonds. The molecule has 0 atom stereocenters. The number of unbranched alkanes of at least 4 members (excludes halogenated alkanes) is 1. The molecule has 0 fully saturated rings. The number of hydrogen-bond acceptors (Lipinski definition) is 0. The van der Waals surface area contributed by atoms with E-state index in [1.807, 2.05) is 7.05 Å². The van der Waals surface area contributed by atoms with E-state index in [-0.39, 0.29) is 31.0 Å². The number of aryl methyl sites for hydroxylation is 2. The quantitative estimate of drug-likeness (QED) is 0.347. The smallest absolute Gasteiger partial charge is 1.00 e. The molecule has 0 saturated carbocycles. The fourth-order valence-electron chi connectivity index (χ4n) is 0.975. The van der Waals surface area contributed by atoms with Crippen molar-refractivity contribution in [3.63, 3.8) is 0 Å². The molecule has 0 aliphatic rings. The van der Waals surface area contributed by atoms with Crippen molar-refractivity contribution in [2.45, 2.75) is 26.3 Å². The summed E-state index contributed by atoms with van der Waals surface area (Å²) in [6, 6.07) is 0. The van der Waals surface area contributed by atoms with Gasteiger partial charge in [0, 0.05) is 0 Å². The summed E-state index contributed by atoms with van der Waals surface area (Å²) < 4.78 is 63.5. The van der Waals surface area contributed by atoms with Crippen molar-refractivity contribution >= 4 is 7.81 Å². The van der Waals surface area contributed by atoms with Crippen LogP contribution in [0.25, 0.3) is 0 Å². The van der Waals surface area contributed by atoms with Crippen molar-refractivity contribution in [3.8, 4) is 0 Å². The second kappa shape index (κ2) is 6.11. The summed E-state index contributed by atoms with van der Waals surface area (Å²) in [4.78, 5) is 0. The zero-order chi connectivity index (χ0) is 13.8. The summed E-state index contributed by atoms with van der Waals surface area (Å²) in [7, 11) is -8.61. The minimum atomic E-state index is -10.7. The Bertz CT molecular complexity index is 354. The molecule has 18 heavy (non-hydrogen) atoms. The molecule has 10 heteroatoms. The van der Waals surface area contributed by atoms with Crippen LogP contribution in [0.5, 0.6) is 0 Å². The SMILES string of the molecule is CCCCn1cc[n+](C)c1.F[P-](F)(F)(F)(F)F.[H-].[Na+]. The number of aromatic nitrogens is 2. The van der Waals surface area contributed by atoms with Crippen LogP contribution in [0.3, 0.4) is 0 Å². The van der Waals surface area contributed by atoms with Crippen LogP contribution >= 0.6 is 7.81 Å². The van der Waals surface area contributed by atoms with Crippen molar-refractivity contribution in [1.82, 2.24) is 4.57 Å². The van der Waals surface area contributed by atoms with Gasteiger partial charge in [-0.3, -0.25) is 0 Å². The van der Waals surface area contributed by atoms with Gasteiger partial charge in [-0.05, 0) is 6.42 Å². The van der Waals surface area contributed by atoms with Gasteiger partial charge in [-0.1, -0.05) is 13.3 Å². The van der Waals surface area contributed by atoms with E-state index in [2.05, 4.69) is 34.8 Å². The monoisotopic (exact) mass is 308 g/mol. The van der Waals surface area contributed by atoms with E-state index in [4.69, 9.17) is 0 Å². The summed E-state index contributed by atoms with van der Waals surface area (Å²) in [6.07, 6.45) is 8.82. The molecule has 1 aromatic rings. The second-order valence-electron chi connectivity index (χ2n) is 3.63. The first-order valence-corrected chi connectivity index (χ1v) is 6.88. The molecule has 0 unspecified atom stereocenters. The van der Waals surface area contributed by atoms with Crippen LogP contribution in [0.2, 0.25) is 0 Å². The summed E-state index contributed by atoms with van der Waals surface area (Å²) in [6.45, 7) is 3.36. The van der Waals surface area contributed by atoms with Gasteiger partial charge in [0.05, 0.1) is 13.6 Å². The van der Waals surface area contributed by atoms with Crippen LogP contribution in [0, 0.1) is 0 Å². The van der Waals surface area contributed by atoms with E-state index in [1.165, 1.54) is 12.8 Å². The van der Waals surface area contributed by atoms with Gasteiger partial charge in [0.2, 0.25) is 6.33 Å². The molecule has 0 aliphatic heterocycles. The molecule has 1 heterocycles. The maximum absolute atomic E-state index is 10.7. The number of imidazole rings is 1. The second-order valence-corrected chi connectivity index (χ2v) is 5.55. The topological polar surface area (TPSA) is 8.81 Å². The number of rotatable bonds is 3. The maximum Gasteiger partial charge on any atom is 1.00 e. The third kappa shape index (κ3) is 21.5. The molecule has 0 spiro atoms. The van der Waals surface area contributed by atoms with Crippen molar-refractivity contribution in [1.29, 1.82) is 0 Å². The Balaban J connectivity index is -0.000000258. The van der Waals surface area contributed by atoms with Crippen molar-refractivity contribution in [2.75, 3.05) is 0 Å². The molecule has 1 aromatic heterocycles. The number of hydrogen-bond donors (Lipinski definition) is 0. The molecule has 106 valence electrons. The molecule has 2 nitrogen and oxygen atoms in total. The molecule has 1 rings (SSSR count). The van der Waals surface area contributed by atoms with Crippen LogP contribution in [0.1, 0.15) is 21.2 Å². The zero-order valence-corrected chi connectivity index (χ0v) is 13.4. The van der Waals surface area contributed by atoms with Gasteiger partial charge < -0.3 is 1.43 Å². The number of nitrogens with zero attached hydrogens (tertiary/aromatic N) is 2.